The van der Waals surface area contributed by atoms with Crippen LogP contribution in [0.3, 0.4) is 0 Å². The lowest BCUT2D eigenvalue weighted by molar-refractivity contribution is -0.165. The number of rotatable bonds is 4. The molecule has 2 aromatic rings. The van der Waals surface area contributed by atoms with Gasteiger partial charge in [-0.3, -0.25) is 4.79 Å². The van der Waals surface area contributed by atoms with Gasteiger partial charge in [-0.1, -0.05) is 30.3 Å². The summed E-state index contributed by atoms with van der Waals surface area (Å²) in [6.45, 7) is 7.07. The number of carbonyl (C=O) groups excluding carboxylic acids is 2. The molecule has 0 saturated carbocycles. The van der Waals surface area contributed by atoms with Crippen molar-refractivity contribution < 1.29 is 23.8 Å². The molecule has 0 spiro atoms. The predicted octanol–water partition coefficient (Wildman–Crippen LogP) is 3.40. The van der Waals surface area contributed by atoms with Gasteiger partial charge in [0.2, 0.25) is 6.10 Å². The molecule has 2 aromatic carbocycles. The number of hydrogen-bond acceptors (Lipinski definition) is 5. The van der Waals surface area contributed by atoms with Crippen molar-refractivity contribution in [3.63, 3.8) is 0 Å². The second kappa shape index (κ2) is 7.70. The van der Waals surface area contributed by atoms with Crippen LogP contribution in [0.1, 0.15) is 25.0 Å². The topological polar surface area (TPSA) is 73.9 Å². The van der Waals surface area contributed by atoms with Gasteiger partial charge >= 0.3 is 5.97 Å². The normalized spacial score (nSPS) is 19.1. The van der Waals surface area contributed by atoms with Crippen molar-refractivity contribution in [1.82, 2.24) is 0 Å². The lowest BCUT2D eigenvalue weighted by atomic mass is 10.1. The smallest absolute Gasteiger partial charge is 0.352 e. The Bertz CT molecular complexity index is 843. The summed E-state index contributed by atoms with van der Waals surface area (Å²) in [5, 5.41) is 2.83. The molecule has 6 heteroatoms. The average molecular weight is 369 g/mol. The summed E-state index contributed by atoms with van der Waals surface area (Å²) in [5.74, 6) is 0.0201. The second-order valence-corrected chi connectivity index (χ2v) is 6.64. The van der Waals surface area contributed by atoms with E-state index in [4.69, 9.17) is 14.2 Å². The predicted molar refractivity (Wildman–Crippen MR) is 101 cm³/mol. The van der Waals surface area contributed by atoms with Crippen molar-refractivity contribution >= 4 is 17.6 Å². The molecule has 1 N–H and O–H groups in total. The molecule has 6 nitrogen and oxygen atoms in total. The summed E-state index contributed by atoms with van der Waals surface area (Å²) in [4.78, 5) is 25.0. The van der Waals surface area contributed by atoms with Gasteiger partial charge in [-0.25, -0.2) is 4.79 Å². The number of benzene rings is 2. The molecule has 27 heavy (non-hydrogen) atoms. The first-order chi connectivity index (χ1) is 12.9. The molecule has 1 amide bonds. The molecular weight excluding hydrogens is 346 g/mol. The molecule has 3 atom stereocenters. The van der Waals surface area contributed by atoms with E-state index in [1.54, 1.807) is 25.1 Å². The van der Waals surface area contributed by atoms with Crippen LogP contribution in [0, 0.1) is 13.8 Å². The van der Waals surface area contributed by atoms with Crippen LogP contribution in [-0.2, 0) is 14.3 Å². The Morgan fingerprint density at radius 1 is 1.00 bits per heavy atom. The molecule has 142 valence electrons. The first kappa shape index (κ1) is 18.8. The number of carbonyl (C=O) groups is 2. The first-order valence-electron chi connectivity index (χ1n) is 8.86. The van der Waals surface area contributed by atoms with Crippen molar-refractivity contribution in [1.29, 1.82) is 0 Å². The van der Waals surface area contributed by atoms with Gasteiger partial charge in [0.05, 0.1) is 0 Å². The third kappa shape index (κ3) is 4.05. The van der Waals surface area contributed by atoms with Gasteiger partial charge in [-0.15, -0.1) is 0 Å². The largest absolute Gasteiger partial charge is 0.482 e. The van der Waals surface area contributed by atoms with Gasteiger partial charge < -0.3 is 19.5 Å². The molecule has 0 aromatic heterocycles. The van der Waals surface area contributed by atoms with Crippen molar-refractivity contribution in [2.24, 2.45) is 0 Å². The highest BCUT2D eigenvalue weighted by Crippen LogP contribution is 2.33. The fourth-order valence-electron chi connectivity index (χ4n) is 2.91. The molecule has 0 bridgehead atoms. The first-order valence-corrected chi connectivity index (χ1v) is 8.86. The molecular formula is C21H23NO5. The number of fused-ring (bicyclic) bond motifs is 1. The van der Waals surface area contributed by atoms with E-state index in [2.05, 4.69) is 5.32 Å². The highest BCUT2D eigenvalue weighted by Gasteiger charge is 2.36. The van der Waals surface area contributed by atoms with Crippen molar-refractivity contribution in [3.05, 3.63) is 53.6 Å². The van der Waals surface area contributed by atoms with Crippen molar-refractivity contribution in [2.75, 3.05) is 5.32 Å². The summed E-state index contributed by atoms with van der Waals surface area (Å²) in [6, 6.07) is 12.8. The summed E-state index contributed by atoms with van der Waals surface area (Å²) in [5.41, 5.74) is 2.61. The van der Waals surface area contributed by atoms with E-state index in [1.807, 2.05) is 38.1 Å². The maximum absolute atomic E-state index is 12.5. The van der Waals surface area contributed by atoms with Gasteiger partial charge in [0.25, 0.3) is 5.91 Å². The fraction of sp³-hybridized carbons (Fsp3) is 0.333. The van der Waals surface area contributed by atoms with Crippen LogP contribution < -0.4 is 14.8 Å². The van der Waals surface area contributed by atoms with Crippen LogP contribution in [-0.4, -0.2) is 30.2 Å². The van der Waals surface area contributed by atoms with E-state index in [-0.39, 0.29) is 0 Å². The monoisotopic (exact) mass is 369 g/mol. The number of para-hydroxylation sites is 3. The van der Waals surface area contributed by atoms with Crippen LogP contribution >= 0.6 is 0 Å². The minimum atomic E-state index is -0.968. The zero-order valence-corrected chi connectivity index (χ0v) is 15.8. The van der Waals surface area contributed by atoms with Gasteiger partial charge in [0.15, 0.2) is 17.6 Å². The van der Waals surface area contributed by atoms with Gasteiger partial charge in [-0.05, 0) is 51.0 Å². The third-order valence-corrected chi connectivity index (χ3v) is 4.47. The van der Waals surface area contributed by atoms with E-state index in [0.717, 1.165) is 16.8 Å². The van der Waals surface area contributed by atoms with Crippen molar-refractivity contribution in [3.8, 4) is 11.5 Å². The number of aryl methyl sites for hydroxylation is 2. The molecule has 3 rings (SSSR count). The quantitative estimate of drug-likeness (QED) is 0.836. The Kier molecular flexibility index (Phi) is 5.35. The van der Waals surface area contributed by atoms with Crippen LogP contribution in [0.5, 0.6) is 11.5 Å². The lowest BCUT2D eigenvalue weighted by Gasteiger charge is -2.31. The van der Waals surface area contributed by atoms with E-state index < -0.39 is 30.2 Å². The molecule has 3 unspecified atom stereocenters. The summed E-state index contributed by atoms with van der Waals surface area (Å²) in [7, 11) is 0. The molecule has 1 heterocycles. The van der Waals surface area contributed by atoms with Gasteiger partial charge in [0.1, 0.15) is 6.10 Å². The van der Waals surface area contributed by atoms with Crippen LogP contribution in [0.15, 0.2) is 42.5 Å². The number of ether oxygens (including phenoxy) is 3. The third-order valence-electron chi connectivity index (χ3n) is 4.47. The zero-order chi connectivity index (χ0) is 19.6. The SMILES string of the molecule is Cc1cccc(C)c1NC(=O)C(C)OC(=O)C1Oc2ccccc2OC1C. The van der Waals surface area contributed by atoms with E-state index in [1.165, 1.54) is 6.92 Å². The average Bonchev–Trinajstić information content (AvgIpc) is 2.63. The standard InChI is InChI=1S/C21H23NO5/c1-12-8-7-9-13(2)18(12)22-20(23)15(4)26-21(24)19-14(3)25-16-10-5-6-11-17(16)27-19/h5-11,14-15,19H,1-4H3,(H,22,23). The highest BCUT2D eigenvalue weighted by atomic mass is 16.6. The second-order valence-electron chi connectivity index (χ2n) is 6.64. The van der Waals surface area contributed by atoms with E-state index >= 15 is 0 Å². The fourth-order valence-corrected chi connectivity index (χ4v) is 2.91. The summed E-state index contributed by atoms with van der Waals surface area (Å²) < 4.78 is 16.8. The maximum Gasteiger partial charge on any atom is 0.352 e. The molecule has 0 fully saturated rings. The maximum atomic E-state index is 12.5. The van der Waals surface area contributed by atoms with Crippen LogP contribution in [0.2, 0.25) is 0 Å². The molecule has 0 aliphatic carbocycles. The Morgan fingerprint density at radius 2 is 1.59 bits per heavy atom. The van der Waals surface area contributed by atoms with Crippen LogP contribution in [0.4, 0.5) is 5.69 Å². The van der Waals surface area contributed by atoms with E-state index in [9.17, 15) is 9.59 Å². The summed E-state index contributed by atoms with van der Waals surface area (Å²) in [6.07, 6.45) is -2.43. The lowest BCUT2D eigenvalue weighted by Crippen LogP contribution is -2.46. The summed E-state index contributed by atoms with van der Waals surface area (Å²) >= 11 is 0. The number of amides is 1. The molecule has 1 aliphatic rings. The number of esters is 1. The molecule has 1 aliphatic heterocycles. The number of hydrogen-bond donors (Lipinski definition) is 1. The Hall–Kier alpha value is -3.02. The molecule has 0 saturated heterocycles. The number of nitrogens with one attached hydrogen (secondary N) is 1. The van der Waals surface area contributed by atoms with Crippen molar-refractivity contribution in [2.45, 2.75) is 46.0 Å². The zero-order valence-electron chi connectivity index (χ0n) is 15.8. The number of anilines is 1. The van der Waals surface area contributed by atoms with Gasteiger partial charge in [-0.2, -0.15) is 0 Å². The molecule has 0 radical (unpaired) electrons. The van der Waals surface area contributed by atoms with Crippen LogP contribution in [0.25, 0.3) is 0 Å². The Labute approximate surface area is 158 Å². The Morgan fingerprint density at radius 3 is 2.22 bits per heavy atom. The highest BCUT2D eigenvalue weighted by molar-refractivity contribution is 5.96. The minimum Gasteiger partial charge on any atom is -0.482 e. The van der Waals surface area contributed by atoms with E-state index in [0.29, 0.717) is 11.5 Å². The Balaban J connectivity index is 1.64. The van der Waals surface area contributed by atoms with Gasteiger partial charge in [0, 0.05) is 5.69 Å². The minimum absolute atomic E-state index is 0.398.